The van der Waals surface area contributed by atoms with Gasteiger partial charge in [0.1, 0.15) is 5.69 Å². The lowest BCUT2D eigenvalue weighted by Crippen LogP contribution is -2.31. The maximum Gasteiger partial charge on any atom is 0.307 e. The molecular formula is C14H23N3O3. The van der Waals surface area contributed by atoms with E-state index in [1.165, 1.54) is 4.90 Å². The molecule has 0 aromatic carbocycles. The van der Waals surface area contributed by atoms with Gasteiger partial charge in [-0.25, -0.2) is 0 Å². The van der Waals surface area contributed by atoms with Crippen molar-refractivity contribution >= 4 is 11.9 Å². The summed E-state index contributed by atoms with van der Waals surface area (Å²) in [6.45, 7) is 7.06. The van der Waals surface area contributed by atoms with Crippen molar-refractivity contribution in [3.63, 3.8) is 0 Å². The van der Waals surface area contributed by atoms with Crippen molar-refractivity contribution in [2.75, 3.05) is 20.2 Å². The van der Waals surface area contributed by atoms with Gasteiger partial charge in [-0.15, -0.1) is 0 Å². The van der Waals surface area contributed by atoms with Crippen molar-refractivity contribution in [2.24, 2.45) is 0 Å². The fourth-order valence-corrected chi connectivity index (χ4v) is 1.85. The monoisotopic (exact) mass is 281 g/mol. The van der Waals surface area contributed by atoms with Gasteiger partial charge >= 0.3 is 5.97 Å². The highest BCUT2D eigenvalue weighted by atomic mass is 16.5. The van der Waals surface area contributed by atoms with Gasteiger partial charge < -0.3 is 9.64 Å². The second kappa shape index (κ2) is 7.67. The summed E-state index contributed by atoms with van der Waals surface area (Å²) in [5.41, 5.74) is 1.46. The number of aromatic nitrogens is 2. The van der Waals surface area contributed by atoms with Crippen molar-refractivity contribution < 1.29 is 14.3 Å². The topological polar surface area (TPSA) is 64.4 Å². The molecule has 20 heavy (non-hydrogen) atoms. The quantitative estimate of drug-likeness (QED) is 0.710. The second-order valence-electron chi connectivity index (χ2n) is 4.47. The number of rotatable bonds is 7. The smallest absolute Gasteiger partial charge is 0.307 e. The molecule has 1 aromatic heterocycles. The normalized spacial score (nSPS) is 10.4. The number of hydrogen-bond acceptors (Lipinski definition) is 4. The van der Waals surface area contributed by atoms with Crippen LogP contribution in [0.1, 0.15) is 43.4 Å². The Bertz CT molecular complexity index is 468. The second-order valence-corrected chi connectivity index (χ2v) is 4.47. The fraction of sp³-hybridized carbons (Fsp3) is 0.643. The summed E-state index contributed by atoms with van der Waals surface area (Å²) in [6.07, 6.45) is 0.997. The number of ether oxygens (including phenoxy) is 1. The first kappa shape index (κ1) is 16.2. The number of aryl methyl sites for hydroxylation is 2. The fourth-order valence-electron chi connectivity index (χ4n) is 1.85. The van der Waals surface area contributed by atoms with Gasteiger partial charge in [-0.3, -0.25) is 14.3 Å². The lowest BCUT2D eigenvalue weighted by molar-refractivity contribution is -0.143. The van der Waals surface area contributed by atoms with Crippen molar-refractivity contribution in [3.05, 3.63) is 17.5 Å². The van der Waals surface area contributed by atoms with E-state index >= 15 is 0 Å². The molecule has 1 amide bonds. The molecule has 0 saturated carbocycles. The zero-order valence-electron chi connectivity index (χ0n) is 12.7. The van der Waals surface area contributed by atoms with Crippen LogP contribution >= 0.6 is 0 Å². The average Bonchev–Trinajstić information content (AvgIpc) is 2.87. The van der Waals surface area contributed by atoms with E-state index in [1.807, 2.05) is 19.9 Å². The first-order valence-corrected chi connectivity index (χ1v) is 7.01. The Hall–Kier alpha value is -1.85. The number of carbonyl (C=O) groups excluding carboxylic acids is 2. The minimum atomic E-state index is -0.287. The van der Waals surface area contributed by atoms with Crippen LogP contribution in [0.2, 0.25) is 0 Å². The Labute approximate surface area is 119 Å². The molecule has 0 spiro atoms. The molecule has 0 aliphatic rings. The van der Waals surface area contributed by atoms with Gasteiger partial charge in [0.15, 0.2) is 0 Å². The third-order valence-electron chi connectivity index (χ3n) is 3.01. The molecule has 0 unspecified atom stereocenters. The molecule has 1 aromatic rings. The van der Waals surface area contributed by atoms with Crippen LogP contribution in [0.4, 0.5) is 0 Å². The van der Waals surface area contributed by atoms with E-state index in [-0.39, 0.29) is 18.3 Å². The molecule has 0 aliphatic carbocycles. The lowest BCUT2D eigenvalue weighted by Gasteiger charge is -2.16. The Morgan fingerprint density at radius 2 is 2.05 bits per heavy atom. The minimum absolute atomic E-state index is 0.122. The summed E-state index contributed by atoms with van der Waals surface area (Å²) in [5, 5.41) is 4.35. The standard InChI is InChI=1S/C14H23N3O3/c1-5-11-10-12(17(6-2)15-11)14(19)16(4)9-8-13(18)20-7-3/h10H,5-9H2,1-4H3. The Kier molecular flexibility index (Phi) is 6.21. The number of nitrogens with zero attached hydrogens (tertiary/aromatic N) is 3. The molecule has 0 N–H and O–H groups in total. The maximum absolute atomic E-state index is 12.3. The van der Waals surface area contributed by atoms with Crippen molar-refractivity contribution in [3.8, 4) is 0 Å². The van der Waals surface area contributed by atoms with Crippen LogP contribution in [-0.2, 0) is 22.5 Å². The van der Waals surface area contributed by atoms with E-state index in [1.54, 1.807) is 18.7 Å². The van der Waals surface area contributed by atoms with E-state index in [0.717, 1.165) is 12.1 Å². The van der Waals surface area contributed by atoms with E-state index in [9.17, 15) is 9.59 Å². The number of carbonyl (C=O) groups is 2. The van der Waals surface area contributed by atoms with Crippen molar-refractivity contribution in [1.82, 2.24) is 14.7 Å². The number of amides is 1. The molecule has 112 valence electrons. The summed E-state index contributed by atoms with van der Waals surface area (Å²) in [5.74, 6) is -0.409. The highest BCUT2D eigenvalue weighted by Gasteiger charge is 2.18. The van der Waals surface area contributed by atoms with Crippen LogP contribution in [0.15, 0.2) is 6.07 Å². The first-order chi connectivity index (χ1) is 9.53. The predicted molar refractivity (Wildman–Crippen MR) is 75.5 cm³/mol. The van der Waals surface area contributed by atoms with E-state index in [4.69, 9.17) is 4.74 Å². The Morgan fingerprint density at radius 1 is 1.35 bits per heavy atom. The zero-order chi connectivity index (χ0) is 15.1. The largest absolute Gasteiger partial charge is 0.466 e. The molecule has 0 fully saturated rings. The Morgan fingerprint density at radius 3 is 2.60 bits per heavy atom. The molecule has 1 rings (SSSR count). The third kappa shape index (κ3) is 4.08. The van der Waals surface area contributed by atoms with Gasteiger partial charge in [-0.05, 0) is 26.3 Å². The van der Waals surface area contributed by atoms with Gasteiger partial charge in [-0.1, -0.05) is 6.92 Å². The van der Waals surface area contributed by atoms with Crippen LogP contribution in [0.3, 0.4) is 0 Å². The Balaban J connectivity index is 2.68. The van der Waals surface area contributed by atoms with Gasteiger partial charge in [0, 0.05) is 20.1 Å². The van der Waals surface area contributed by atoms with Crippen molar-refractivity contribution in [1.29, 1.82) is 0 Å². The average molecular weight is 281 g/mol. The van der Waals surface area contributed by atoms with Crippen LogP contribution < -0.4 is 0 Å². The zero-order valence-corrected chi connectivity index (χ0v) is 12.7. The SMILES string of the molecule is CCOC(=O)CCN(C)C(=O)c1cc(CC)nn1CC. The van der Waals surface area contributed by atoms with Crippen LogP contribution in [0.25, 0.3) is 0 Å². The van der Waals surface area contributed by atoms with Crippen molar-refractivity contribution in [2.45, 2.75) is 40.2 Å². The van der Waals surface area contributed by atoms with Gasteiger partial charge in [0.05, 0.1) is 18.7 Å². The summed E-state index contributed by atoms with van der Waals surface area (Å²) >= 11 is 0. The van der Waals surface area contributed by atoms with Gasteiger partial charge in [-0.2, -0.15) is 5.10 Å². The van der Waals surface area contributed by atoms with Crippen LogP contribution in [-0.4, -0.2) is 46.8 Å². The molecule has 6 heteroatoms. The van der Waals surface area contributed by atoms with Gasteiger partial charge in [0.2, 0.25) is 0 Å². The summed E-state index contributed by atoms with van der Waals surface area (Å²) < 4.78 is 6.55. The van der Waals surface area contributed by atoms with Crippen LogP contribution in [0.5, 0.6) is 0 Å². The van der Waals surface area contributed by atoms with E-state index in [2.05, 4.69) is 5.10 Å². The predicted octanol–water partition coefficient (Wildman–Crippen LogP) is 1.49. The molecule has 6 nitrogen and oxygen atoms in total. The third-order valence-corrected chi connectivity index (χ3v) is 3.01. The molecule has 0 radical (unpaired) electrons. The summed E-state index contributed by atoms with van der Waals surface area (Å²) in [6, 6.07) is 1.81. The highest BCUT2D eigenvalue weighted by molar-refractivity contribution is 5.92. The highest BCUT2D eigenvalue weighted by Crippen LogP contribution is 2.09. The lowest BCUT2D eigenvalue weighted by atomic mass is 10.2. The van der Waals surface area contributed by atoms with E-state index < -0.39 is 0 Å². The van der Waals surface area contributed by atoms with E-state index in [0.29, 0.717) is 25.4 Å². The molecule has 0 aliphatic heterocycles. The minimum Gasteiger partial charge on any atom is -0.466 e. The summed E-state index contributed by atoms with van der Waals surface area (Å²) in [4.78, 5) is 25.2. The van der Waals surface area contributed by atoms with Crippen LogP contribution in [0, 0.1) is 0 Å². The molecular weight excluding hydrogens is 258 g/mol. The first-order valence-electron chi connectivity index (χ1n) is 7.01. The molecule has 0 atom stereocenters. The molecule has 0 saturated heterocycles. The summed E-state index contributed by atoms with van der Waals surface area (Å²) in [7, 11) is 1.68. The van der Waals surface area contributed by atoms with Gasteiger partial charge in [0.25, 0.3) is 5.91 Å². The maximum atomic E-state index is 12.3. The molecule has 1 heterocycles. The number of hydrogen-bond donors (Lipinski definition) is 0. The molecule has 0 bridgehead atoms. The number of esters is 1.